The van der Waals surface area contributed by atoms with Crippen molar-refractivity contribution in [2.24, 2.45) is 5.92 Å². The van der Waals surface area contributed by atoms with Crippen LogP contribution >= 0.6 is 0 Å². The standard InChI is InChI=1S/C15H23N3O2S/c1-10-7-13(16)15(8-11(10)2)21(19,20)17-14-9-18-5-3-12(14)4-6-18/h7-8,12,14,17H,3-6,9,16H2,1-2H3. The molecule has 4 rings (SSSR count). The summed E-state index contributed by atoms with van der Waals surface area (Å²) in [6.07, 6.45) is 2.16. The molecule has 0 aromatic heterocycles. The zero-order chi connectivity index (χ0) is 15.2. The molecule has 3 saturated heterocycles. The van der Waals surface area contributed by atoms with Crippen molar-refractivity contribution < 1.29 is 8.42 Å². The third-order valence-corrected chi connectivity index (χ3v) is 6.42. The van der Waals surface area contributed by atoms with Gasteiger partial charge < -0.3 is 10.6 Å². The molecule has 3 aliphatic heterocycles. The topological polar surface area (TPSA) is 75.4 Å². The summed E-state index contributed by atoms with van der Waals surface area (Å²) in [7, 11) is -3.55. The number of hydrogen-bond acceptors (Lipinski definition) is 4. The van der Waals surface area contributed by atoms with Crippen LogP contribution < -0.4 is 10.5 Å². The van der Waals surface area contributed by atoms with E-state index in [9.17, 15) is 8.42 Å². The highest BCUT2D eigenvalue weighted by Gasteiger charge is 2.36. The number of piperidine rings is 3. The van der Waals surface area contributed by atoms with Gasteiger partial charge in [0.25, 0.3) is 0 Å². The van der Waals surface area contributed by atoms with Gasteiger partial charge in [0, 0.05) is 12.6 Å². The number of nitrogens with zero attached hydrogens (tertiary/aromatic N) is 1. The van der Waals surface area contributed by atoms with Gasteiger partial charge in [0.05, 0.1) is 5.69 Å². The number of fused-ring (bicyclic) bond motifs is 3. The molecule has 0 radical (unpaired) electrons. The minimum Gasteiger partial charge on any atom is -0.398 e. The van der Waals surface area contributed by atoms with Crippen molar-refractivity contribution in [3.05, 3.63) is 23.3 Å². The molecule has 0 aliphatic carbocycles. The van der Waals surface area contributed by atoms with E-state index in [1.807, 2.05) is 13.8 Å². The summed E-state index contributed by atoms with van der Waals surface area (Å²) in [5.41, 5.74) is 8.21. The number of anilines is 1. The van der Waals surface area contributed by atoms with E-state index in [0.29, 0.717) is 11.6 Å². The number of nitrogens with two attached hydrogens (primary N) is 1. The number of rotatable bonds is 3. The first-order valence-corrected chi connectivity index (χ1v) is 8.96. The van der Waals surface area contributed by atoms with Crippen molar-refractivity contribution in [1.82, 2.24) is 9.62 Å². The number of nitrogens with one attached hydrogen (secondary N) is 1. The average molecular weight is 309 g/mol. The summed E-state index contributed by atoms with van der Waals surface area (Å²) < 4.78 is 28.2. The fraction of sp³-hybridized carbons (Fsp3) is 0.600. The Morgan fingerprint density at radius 3 is 2.38 bits per heavy atom. The highest BCUT2D eigenvalue weighted by atomic mass is 32.2. The molecule has 0 amide bonds. The molecule has 5 nitrogen and oxygen atoms in total. The van der Waals surface area contributed by atoms with Crippen LogP contribution in [0.4, 0.5) is 5.69 Å². The second-order valence-corrected chi connectivity index (χ2v) is 8.02. The van der Waals surface area contributed by atoms with Gasteiger partial charge in [0.15, 0.2) is 0 Å². The van der Waals surface area contributed by atoms with Crippen LogP contribution in [0.3, 0.4) is 0 Å². The van der Waals surface area contributed by atoms with Crippen LogP contribution in [0.5, 0.6) is 0 Å². The van der Waals surface area contributed by atoms with Gasteiger partial charge in [-0.1, -0.05) is 0 Å². The Kier molecular flexibility index (Phi) is 3.71. The molecule has 116 valence electrons. The van der Waals surface area contributed by atoms with E-state index in [1.54, 1.807) is 12.1 Å². The van der Waals surface area contributed by atoms with E-state index >= 15 is 0 Å². The molecule has 21 heavy (non-hydrogen) atoms. The Morgan fingerprint density at radius 2 is 1.81 bits per heavy atom. The molecule has 3 heterocycles. The summed E-state index contributed by atoms with van der Waals surface area (Å²) in [5.74, 6) is 0.456. The normalized spacial score (nSPS) is 28.8. The number of aryl methyl sites for hydroxylation is 2. The van der Waals surface area contributed by atoms with Crippen molar-refractivity contribution >= 4 is 15.7 Å². The Bertz CT molecular complexity index is 649. The number of nitrogen functional groups attached to an aromatic ring is 1. The molecular weight excluding hydrogens is 286 g/mol. The van der Waals surface area contributed by atoms with Gasteiger partial charge >= 0.3 is 0 Å². The van der Waals surface area contributed by atoms with Gasteiger partial charge in [-0.25, -0.2) is 13.1 Å². The summed E-state index contributed by atoms with van der Waals surface area (Å²) in [4.78, 5) is 2.54. The lowest BCUT2D eigenvalue weighted by atomic mass is 9.85. The molecule has 3 fully saturated rings. The first kappa shape index (κ1) is 14.8. The average Bonchev–Trinajstić information content (AvgIpc) is 2.43. The van der Waals surface area contributed by atoms with Gasteiger partial charge in [-0.3, -0.25) is 0 Å². The lowest BCUT2D eigenvalue weighted by Gasteiger charge is -2.44. The van der Waals surface area contributed by atoms with Gasteiger partial charge in [-0.2, -0.15) is 0 Å². The van der Waals surface area contributed by atoms with Crippen LogP contribution in [0, 0.1) is 19.8 Å². The summed E-state index contributed by atoms with van der Waals surface area (Å²) in [5, 5.41) is 0. The van der Waals surface area contributed by atoms with Crippen LogP contribution in [0.15, 0.2) is 17.0 Å². The molecule has 0 spiro atoms. The van der Waals surface area contributed by atoms with Crippen LogP contribution in [-0.2, 0) is 10.0 Å². The second-order valence-electron chi connectivity index (χ2n) is 6.34. The lowest BCUT2D eigenvalue weighted by molar-refractivity contribution is 0.0827. The van der Waals surface area contributed by atoms with Gasteiger partial charge in [-0.05, 0) is 69.0 Å². The molecule has 3 N–H and O–H groups in total. The van der Waals surface area contributed by atoms with Crippen LogP contribution in [0.2, 0.25) is 0 Å². The third kappa shape index (κ3) is 2.80. The summed E-state index contributed by atoms with van der Waals surface area (Å²) in [6, 6.07) is 3.42. The molecule has 3 aliphatic rings. The van der Waals surface area contributed by atoms with Crippen LogP contribution in [-0.4, -0.2) is 39.0 Å². The molecule has 6 heteroatoms. The molecule has 1 aromatic carbocycles. The van der Waals surface area contributed by atoms with Crippen molar-refractivity contribution in [2.45, 2.75) is 37.6 Å². The van der Waals surface area contributed by atoms with Crippen LogP contribution in [0.25, 0.3) is 0 Å². The van der Waals surface area contributed by atoms with E-state index in [2.05, 4.69) is 9.62 Å². The fourth-order valence-electron chi connectivity index (χ4n) is 3.41. The monoisotopic (exact) mass is 309 g/mol. The fourth-order valence-corrected chi connectivity index (χ4v) is 4.90. The quantitative estimate of drug-likeness (QED) is 0.824. The first-order valence-electron chi connectivity index (χ1n) is 7.48. The first-order chi connectivity index (χ1) is 9.87. The molecule has 1 unspecified atom stereocenters. The van der Waals surface area contributed by atoms with Crippen molar-refractivity contribution in [3.63, 3.8) is 0 Å². The van der Waals surface area contributed by atoms with Crippen LogP contribution in [0.1, 0.15) is 24.0 Å². The van der Waals surface area contributed by atoms with Gasteiger partial charge in [-0.15, -0.1) is 0 Å². The van der Waals surface area contributed by atoms with Gasteiger partial charge in [0.1, 0.15) is 4.90 Å². The lowest BCUT2D eigenvalue weighted by Crippen LogP contribution is -2.57. The minimum absolute atomic E-state index is 0.0125. The van der Waals surface area contributed by atoms with E-state index in [-0.39, 0.29) is 10.9 Å². The minimum atomic E-state index is -3.55. The molecule has 1 aromatic rings. The van der Waals surface area contributed by atoms with E-state index in [1.165, 1.54) is 0 Å². The van der Waals surface area contributed by atoms with Crippen molar-refractivity contribution in [2.75, 3.05) is 25.4 Å². The SMILES string of the molecule is Cc1cc(N)c(S(=O)(=O)NC2CN3CCC2CC3)cc1C. The van der Waals surface area contributed by atoms with Gasteiger partial charge in [0.2, 0.25) is 10.0 Å². The maximum absolute atomic E-state index is 12.7. The van der Waals surface area contributed by atoms with Crippen molar-refractivity contribution in [1.29, 1.82) is 0 Å². The highest BCUT2D eigenvalue weighted by molar-refractivity contribution is 7.89. The molecule has 1 atom stereocenters. The van der Waals surface area contributed by atoms with Crippen molar-refractivity contribution in [3.8, 4) is 0 Å². The Morgan fingerprint density at radius 1 is 1.19 bits per heavy atom. The molecule has 0 saturated carbocycles. The molecule has 2 bridgehead atoms. The number of benzene rings is 1. The largest absolute Gasteiger partial charge is 0.398 e. The zero-order valence-corrected chi connectivity index (χ0v) is 13.4. The Labute approximate surface area is 126 Å². The predicted octanol–water partition coefficient (Wildman–Crippen LogP) is 1.26. The molecular formula is C15H23N3O2S. The Hall–Kier alpha value is -1.11. The maximum Gasteiger partial charge on any atom is 0.242 e. The third-order valence-electron chi connectivity index (χ3n) is 4.88. The second kappa shape index (κ2) is 5.26. The van der Waals surface area contributed by atoms with E-state index < -0.39 is 10.0 Å². The zero-order valence-electron chi connectivity index (χ0n) is 12.6. The number of hydrogen-bond donors (Lipinski definition) is 2. The van der Waals surface area contributed by atoms with E-state index in [4.69, 9.17) is 5.73 Å². The van der Waals surface area contributed by atoms with E-state index in [0.717, 1.165) is 43.6 Å². The summed E-state index contributed by atoms with van der Waals surface area (Å²) >= 11 is 0. The number of sulfonamides is 1. The Balaban J connectivity index is 1.86. The highest BCUT2D eigenvalue weighted by Crippen LogP contribution is 2.29. The predicted molar refractivity (Wildman–Crippen MR) is 83.6 cm³/mol. The smallest absolute Gasteiger partial charge is 0.242 e. The summed E-state index contributed by atoms with van der Waals surface area (Å²) in [6.45, 7) is 6.84. The maximum atomic E-state index is 12.7.